The molecule has 33 heavy (non-hydrogen) atoms. The van der Waals surface area contributed by atoms with Crippen molar-refractivity contribution in [2.75, 3.05) is 25.7 Å². The molecule has 0 fully saturated rings. The fraction of sp³-hybridized carbons (Fsp3) is 0.346. The molecule has 0 spiro atoms. The highest BCUT2D eigenvalue weighted by molar-refractivity contribution is 5.83. The van der Waals surface area contributed by atoms with Gasteiger partial charge in [0.05, 0.1) is 42.8 Å². The molecular formula is C26H31N5O2. The normalized spacial score (nSPS) is 11.1. The van der Waals surface area contributed by atoms with E-state index < -0.39 is 0 Å². The van der Waals surface area contributed by atoms with E-state index in [-0.39, 0.29) is 0 Å². The Balaban J connectivity index is 1.81. The highest BCUT2D eigenvalue weighted by atomic mass is 16.5. The molecule has 2 heterocycles. The van der Waals surface area contributed by atoms with E-state index in [0.29, 0.717) is 0 Å². The van der Waals surface area contributed by atoms with E-state index in [1.807, 2.05) is 49.1 Å². The number of aromatic nitrogens is 4. The minimum absolute atomic E-state index is 0.760. The Kier molecular flexibility index (Phi) is 6.49. The molecule has 7 nitrogen and oxygen atoms in total. The van der Waals surface area contributed by atoms with Crippen LogP contribution in [0.2, 0.25) is 0 Å². The van der Waals surface area contributed by atoms with E-state index in [2.05, 4.69) is 41.0 Å². The molecule has 2 aromatic heterocycles. The number of benzene rings is 2. The summed E-state index contributed by atoms with van der Waals surface area (Å²) in [5.41, 5.74) is 7.69. The Labute approximate surface area is 195 Å². The number of rotatable bonds is 8. The molecule has 0 saturated carbocycles. The number of fused-ring (bicyclic) bond motifs is 1. The van der Waals surface area contributed by atoms with Crippen molar-refractivity contribution < 1.29 is 9.47 Å². The molecule has 0 amide bonds. The molecule has 0 atom stereocenters. The summed E-state index contributed by atoms with van der Waals surface area (Å²) in [6.07, 6.45) is 3.98. The van der Waals surface area contributed by atoms with Gasteiger partial charge in [-0.15, -0.1) is 0 Å². The van der Waals surface area contributed by atoms with Gasteiger partial charge < -0.3 is 14.4 Å². The number of hydrogen-bond acceptors (Lipinski definition) is 6. The first-order valence-electron chi connectivity index (χ1n) is 11.2. The van der Waals surface area contributed by atoms with Gasteiger partial charge in [0.1, 0.15) is 11.5 Å². The second kappa shape index (κ2) is 9.48. The first kappa shape index (κ1) is 22.6. The molecule has 0 N–H and O–H groups in total. The molecule has 0 aliphatic rings. The highest BCUT2D eigenvalue weighted by Crippen LogP contribution is 2.34. The van der Waals surface area contributed by atoms with Gasteiger partial charge in [-0.3, -0.25) is 9.67 Å². The maximum absolute atomic E-state index is 5.51. The monoisotopic (exact) mass is 445 g/mol. The standard InChI is InChI=1S/C26H31N5O2/c1-7-8-11-31(20-12-21(32-5)15-22(13-20)33-6)19-9-10-23-24(14-19)28-25(16-27-23)26-17(2)29-30(4)18(26)3/h9-10,12-16H,7-8,11H2,1-6H3. The summed E-state index contributed by atoms with van der Waals surface area (Å²) < 4.78 is 12.9. The Hall–Kier alpha value is -3.61. The lowest BCUT2D eigenvalue weighted by molar-refractivity contribution is 0.394. The third kappa shape index (κ3) is 4.49. The van der Waals surface area contributed by atoms with Crippen LogP contribution in [0.15, 0.2) is 42.6 Å². The van der Waals surface area contributed by atoms with Crippen LogP contribution in [0.25, 0.3) is 22.3 Å². The number of unbranched alkanes of at least 4 members (excludes halogenated alkanes) is 1. The predicted octanol–water partition coefficient (Wildman–Crippen LogP) is 5.60. The highest BCUT2D eigenvalue weighted by Gasteiger charge is 2.16. The maximum Gasteiger partial charge on any atom is 0.124 e. The van der Waals surface area contributed by atoms with E-state index in [1.165, 1.54) is 0 Å². The summed E-state index contributed by atoms with van der Waals surface area (Å²) in [6.45, 7) is 7.13. The SMILES string of the molecule is CCCCN(c1cc(OC)cc(OC)c1)c1ccc2ncc(-c3c(C)nn(C)c3C)nc2c1. The van der Waals surface area contributed by atoms with Crippen molar-refractivity contribution in [3.05, 3.63) is 54.0 Å². The van der Waals surface area contributed by atoms with Gasteiger partial charge >= 0.3 is 0 Å². The van der Waals surface area contributed by atoms with E-state index in [0.717, 1.165) is 75.9 Å². The molecule has 172 valence electrons. The Morgan fingerprint density at radius 1 is 0.939 bits per heavy atom. The van der Waals surface area contributed by atoms with Gasteiger partial charge in [0.25, 0.3) is 0 Å². The molecular weight excluding hydrogens is 414 g/mol. The van der Waals surface area contributed by atoms with Crippen molar-refractivity contribution in [1.29, 1.82) is 0 Å². The van der Waals surface area contributed by atoms with Gasteiger partial charge in [-0.1, -0.05) is 13.3 Å². The molecule has 4 rings (SSSR count). The van der Waals surface area contributed by atoms with Gasteiger partial charge in [0.2, 0.25) is 0 Å². The van der Waals surface area contributed by atoms with E-state index >= 15 is 0 Å². The molecule has 0 saturated heterocycles. The number of anilines is 2. The molecule has 0 radical (unpaired) electrons. The van der Waals surface area contributed by atoms with Crippen molar-refractivity contribution in [2.24, 2.45) is 7.05 Å². The van der Waals surface area contributed by atoms with Crippen LogP contribution in [-0.4, -0.2) is 40.5 Å². The summed E-state index contributed by atoms with van der Waals surface area (Å²) in [6, 6.07) is 12.2. The van der Waals surface area contributed by atoms with Crippen LogP contribution in [0, 0.1) is 13.8 Å². The molecule has 0 aliphatic carbocycles. The number of nitrogens with zero attached hydrogens (tertiary/aromatic N) is 5. The predicted molar refractivity (Wildman–Crippen MR) is 133 cm³/mol. The first-order chi connectivity index (χ1) is 15.9. The lowest BCUT2D eigenvalue weighted by atomic mass is 10.1. The van der Waals surface area contributed by atoms with Crippen molar-refractivity contribution in [2.45, 2.75) is 33.6 Å². The van der Waals surface area contributed by atoms with Crippen LogP contribution in [-0.2, 0) is 7.05 Å². The molecule has 0 aliphatic heterocycles. The third-order valence-electron chi connectivity index (χ3n) is 5.99. The number of methoxy groups -OCH3 is 2. The molecule has 4 aromatic rings. The summed E-state index contributed by atoms with van der Waals surface area (Å²) in [4.78, 5) is 11.9. The van der Waals surface area contributed by atoms with Crippen LogP contribution in [0.1, 0.15) is 31.2 Å². The van der Waals surface area contributed by atoms with Gasteiger partial charge in [0, 0.05) is 54.4 Å². The number of aryl methyl sites for hydroxylation is 2. The molecule has 0 unspecified atom stereocenters. The second-order valence-electron chi connectivity index (χ2n) is 8.17. The topological polar surface area (TPSA) is 65.3 Å². The number of hydrogen-bond donors (Lipinski definition) is 0. The zero-order chi connectivity index (χ0) is 23.5. The van der Waals surface area contributed by atoms with Crippen molar-refractivity contribution in [3.8, 4) is 22.8 Å². The van der Waals surface area contributed by atoms with Gasteiger partial charge in [-0.05, 0) is 38.5 Å². The summed E-state index contributed by atoms with van der Waals surface area (Å²) in [5.74, 6) is 1.52. The smallest absolute Gasteiger partial charge is 0.124 e. The van der Waals surface area contributed by atoms with Gasteiger partial charge in [-0.2, -0.15) is 5.10 Å². The van der Waals surface area contributed by atoms with Crippen molar-refractivity contribution in [1.82, 2.24) is 19.7 Å². The lowest BCUT2D eigenvalue weighted by Crippen LogP contribution is -2.18. The zero-order valence-electron chi connectivity index (χ0n) is 20.2. The third-order valence-corrected chi connectivity index (χ3v) is 5.99. The first-order valence-corrected chi connectivity index (χ1v) is 11.2. The average Bonchev–Trinajstić information content (AvgIpc) is 3.09. The van der Waals surface area contributed by atoms with Crippen LogP contribution in [0.4, 0.5) is 11.4 Å². The fourth-order valence-corrected chi connectivity index (χ4v) is 4.10. The molecule has 7 heteroatoms. The second-order valence-corrected chi connectivity index (χ2v) is 8.17. The molecule has 2 aromatic carbocycles. The fourth-order valence-electron chi connectivity index (χ4n) is 4.10. The Morgan fingerprint density at radius 2 is 1.67 bits per heavy atom. The lowest BCUT2D eigenvalue weighted by Gasteiger charge is -2.26. The van der Waals surface area contributed by atoms with E-state index in [9.17, 15) is 0 Å². The Bertz CT molecular complexity index is 1260. The van der Waals surface area contributed by atoms with Crippen LogP contribution >= 0.6 is 0 Å². The zero-order valence-corrected chi connectivity index (χ0v) is 20.2. The largest absolute Gasteiger partial charge is 0.497 e. The Morgan fingerprint density at radius 3 is 2.27 bits per heavy atom. The van der Waals surface area contributed by atoms with E-state index in [1.54, 1.807) is 14.2 Å². The van der Waals surface area contributed by atoms with Crippen molar-refractivity contribution >= 4 is 22.4 Å². The molecule has 0 bridgehead atoms. The van der Waals surface area contributed by atoms with Gasteiger partial charge in [0.15, 0.2) is 0 Å². The number of ether oxygens (including phenoxy) is 2. The van der Waals surface area contributed by atoms with Crippen LogP contribution in [0.3, 0.4) is 0 Å². The van der Waals surface area contributed by atoms with Crippen LogP contribution in [0.5, 0.6) is 11.5 Å². The quantitative estimate of drug-likeness (QED) is 0.352. The summed E-state index contributed by atoms with van der Waals surface area (Å²) in [7, 11) is 5.29. The summed E-state index contributed by atoms with van der Waals surface area (Å²) >= 11 is 0. The summed E-state index contributed by atoms with van der Waals surface area (Å²) in [5, 5.41) is 4.54. The maximum atomic E-state index is 5.51. The van der Waals surface area contributed by atoms with Crippen molar-refractivity contribution in [3.63, 3.8) is 0 Å². The average molecular weight is 446 g/mol. The van der Waals surface area contributed by atoms with E-state index in [4.69, 9.17) is 14.5 Å². The van der Waals surface area contributed by atoms with Crippen LogP contribution < -0.4 is 14.4 Å². The minimum Gasteiger partial charge on any atom is -0.497 e. The minimum atomic E-state index is 0.760. The van der Waals surface area contributed by atoms with Gasteiger partial charge in [-0.25, -0.2) is 4.98 Å².